The minimum absolute atomic E-state index is 0.0309. The van der Waals surface area contributed by atoms with Crippen LogP contribution in [0.15, 0.2) is 42.7 Å². The van der Waals surface area contributed by atoms with Crippen LogP contribution in [0.1, 0.15) is 18.5 Å². The zero-order valence-corrected chi connectivity index (χ0v) is 10.1. The molecule has 1 heterocycles. The Labute approximate surface area is 104 Å². The van der Waals surface area contributed by atoms with Crippen LogP contribution in [0.25, 0.3) is 0 Å². The highest BCUT2D eigenvalue weighted by Gasteiger charge is 2.08. The van der Waals surface area contributed by atoms with E-state index in [1.165, 1.54) is 12.1 Å². The van der Waals surface area contributed by atoms with Crippen molar-refractivity contribution in [2.75, 3.05) is 5.32 Å². The lowest BCUT2D eigenvalue weighted by Gasteiger charge is -2.15. The fraction of sp³-hybridized carbons (Fsp3) is 0.154. The Hall–Kier alpha value is -1.61. The summed E-state index contributed by atoms with van der Waals surface area (Å²) in [4.78, 5) is 4.03. The van der Waals surface area contributed by atoms with Crippen LogP contribution in [0.3, 0.4) is 0 Å². The number of hydrogen-bond acceptors (Lipinski definition) is 2. The Morgan fingerprint density at radius 1 is 1.35 bits per heavy atom. The molecule has 1 aromatic carbocycles. The third kappa shape index (κ3) is 2.94. The maximum atomic E-state index is 13.5. The van der Waals surface area contributed by atoms with Crippen LogP contribution in [0, 0.1) is 5.82 Å². The third-order valence-electron chi connectivity index (χ3n) is 2.48. The number of nitrogens with one attached hydrogen (secondary N) is 1. The van der Waals surface area contributed by atoms with Crippen LogP contribution < -0.4 is 5.32 Å². The van der Waals surface area contributed by atoms with Crippen molar-refractivity contribution in [2.45, 2.75) is 13.0 Å². The molecular weight excluding hydrogens is 239 g/mol. The molecule has 4 heteroatoms. The lowest BCUT2D eigenvalue weighted by atomic mass is 10.1. The number of rotatable bonds is 3. The van der Waals surface area contributed by atoms with Gasteiger partial charge >= 0.3 is 0 Å². The second-order valence-corrected chi connectivity index (χ2v) is 4.21. The topological polar surface area (TPSA) is 24.9 Å². The second-order valence-electron chi connectivity index (χ2n) is 3.78. The molecule has 0 bridgehead atoms. The van der Waals surface area contributed by atoms with Crippen LogP contribution in [-0.4, -0.2) is 4.98 Å². The van der Waals surface area contributed by atoms with Crippen molar-refractivity contribution in [3.8, 4) is 0 Å². The van der Waals surface area contributed by atoms with E-state index in [0.717, 1.165) is 5.56 Å². The molecule has 1 atom stereocenters. The van der Waals surface area contributed by atoms with Crippen molar-refractivity contribution in [3.63, 3.8) is 0 Å². The van der Waals surface area contributed by atoms with E-state index in [1.54, 1.807) is 18.5 Å². The largest absolute Gasteiger partial charge is 0.376 e. The molecule has 1 aromatic heterocycles. The summed E-state index contributed by atoms with van der Waals surface area (Å²) in [6, 6.07) is 8.20. The van der Waals surface area contributed by atoms with Gasteiger partial charge in [0.1, 0.15) is 5.82 Å². The first-order chi connectivity index (χ1) is 8.16. The third-order valence-corrected chi connectivity index (χ3v) is 2.72. The van der Waals surface area contributed by atoms with Crippen LogP contribution >= 0.6 is 11.6 Å². The summed E-state index contributed by atoms with van der Waals surface area (Å²) in [5, 5.41) is 3.57. The SMILES string of the molecule is CC(Nc1cc(Cl)ccc1F)c1cccnc1. The minimum atomic E-state index is -0.315. The molecule has 0 aliphatic heterocycles. The highest BCUT2D eigenvalue weighted by Crippen LogP contribution is 2.24. The number of hydrogen-bond donors (Lipinski definition) is 1. The fourth-order valence-corrected chi connectivity index (χ4v) is 1.73. The first-order valence-corrected chi connectivity index (χ1v) is 5.66. The monoisotopic (exact) mass is 250 g/mol. The van der Waals surface area contributed by atoms with Crippen LogP contribution in [0.2, 0.25) is 5.02 Å². The number of nitrogens with zero attached hydrogens (tertiary/aromatic N) is 1. The van der Waals surface area contributed by atoms with Gasteiger partial charge in [-0.2, -0.15) is 0 Å². The molecule has 0 radical (unpaired) electrons. The quantitative estimate of drug-likeness (QED) is 0.889. The molecule has 2 aromatic rings. The van der Waals surface area contributed by atoms with E-state index in [0.29, 0.717) is 10.7 Å². The van der Waals surface area contributed by atoms with E-state index >= 15 is 0 Å². The van der Waals surface area contributed by atoms with Gasteiger partial charge in [-0.3, -0.25) is 4.98 Å². The van der Waals surface area contributed by atoms with E-state index in [-0.39, 0.29) is 11.9 Å². The van der Waals surface area contributed by atoms with Gasteiger partial charge < -0.3 is 5.32 Å². The Morgan fingerprint density at radius 2 is 2.18 bits per heavy atom. The maximum absolute atomic E-state index is 13.5. The zero-order chi connectivity index (χ0) is 12.3. The molecule has 0 aliphatic carbocycles. The molecule has 0 fully saturated rings. The summed E-state index contributed by atoms with van der Waals surface area (Å²) in [6.45, 7) is 1.94. The molecule has 0 saturated heterocycles. The van der Waals surface area contributed by atoms with Crippen LogP contribution in [-0.2, 0) is 0 Å². The standard InChI is InChI=1S/C13H12ClFN2/c1-9(10-3-2-6-16-8-10)17-13-7-11(14)4-5-12(13)15/h2-9,17H,1H3. The minimum Gasteiger partial charge on any atom is -0.376 e. The Bertz CT molecular complexity index is 502. The van der Waals surface area contributed by atoms with Crippen molar-refractivity contribution in [3.05, 3.63) is 59.1 Å². The van der Waals surface area contributed by atoms with Gasteiger partial charge in [-0.15, -0.1) is 0 Å². The van der Waals surface area contributed by atoms with Crippen molar-refractivity contribution in [1.29, 1.82) is 0 Å². The van der Waals surface area contributed by atoms with Gasteiger partial charge in [0.2, 0.25) is 0 Å². The number of aromatic nitrogens is 1. The molecule has 0 aliphatic rings. The van der Waals surface area contributed by atoms with Gasteiger partial charge in [0.15, 0.2) is 0 Å². The van der Waals surface area contributed by atoms with Gasteiger partial charge in [0.25, 0.3) is 0 Å². The molecular formula is C13H12ClFN2. The molecule has 17 heavy (non-hydrogen) atoms. The van der Waals surface area contributed by atoms with Crippen LogP contribution in [0.5, 0.6) is 0 Å². The predicted molar refractivity (Wildman–Crippen MR) is 67.7 cm³/mol. The Morgan fingerprint density at radius 3 is 2.88 bits per heavy atom. The van der Waals surface area contributed by atoms with Gasteiger partial charge in [0, 0.05) is 17.4 Å². The van der Waals surface area contributed by atoms with Crippen molar-refractivity contribution in [1.82, 2.24) is 4.98 Å². The van der Waals surface area contributed by atoms with Crippen molar-refractivity contribution >= 4 is 17.3 Å². The second kappa shape index (κ2) is 5.15. The molecule has 88 valence electrons. The zero-order valence-electron chi connectivity index (χ0n) is 9.32. The van der Waals surface area contributed by atoms with E-state index in [4.69, 9.17) is 11.6 Å². The first kappa shape index (κ1) is 11.9. The average Bonchev–Trinajstić information content (AvgIpc) is 2.35. The number of benzene rings is 1. The van der Waals surface area contributed by atoms with Crippen molar-refractivity contribution < 1.29 is 4.39 Å². The summed E-state index contributed by atoms with van der Waals surface area (Å²) in [6.07, 6.45) is 3.45. The van der Waals surface area contributed by atoms with Crippen LogP contribution in [0.4, 0.5) is 10.1 Å². The highest BCUT2D eigenvalue weighted by molar-refractivity contribution is 6.30. The van der Waals surface area contributed by atoms with Crippen molar-refractivity contribution in [2.24, 2.45) is 0 Å². The van der Waals surface area contributed by atoms with E-state index < -0.39 is 0 Å². The van der Waals surface area contributed by atoms with Gasteiger partial charge in [-0.1, -0.05) is 17.7 Å². The smallest absolute Gasteiger partial charge is 0.146 e. The Kier molecular flexibility index (Phi) is 3.59. The van der Waals surface area contributed by atoms with E-state index in [1.807, 2.05) is 19.1 Å². The fourth-order valence-electron chi connectivity index (χ4n) is 1.56. The van der Waals surface area contributed by atoms with Gasteiger partial charge in [0.05, 0.1) is 11.7 Å². The maximum Gasteiger partial charge on any atom is 0.146 e. The van der Waals surface area contributed by atoms with E-state index in [9.17, 15) is 4.39 Å². The molecule has 1 unspecified atom stereocenters. The molecule has 0 saturated carbocycles. The Balaban J connectivity index is 2.18. The molecule has 1 N–H and O–H groups in total. The highest BCUT2D eigenvalue weighted by atomic mass is 35.5. The van der Waals surface area contributed by atoms with Gasteiger partial charge in [-0.05, 0) is 36.8 Å². The summed E-state index contributed by atoms with van der Waals surface area (Å²) in [5.41, 5.74) is 1.39. The molecule has 0 spiro atoms. The van der Waals surface area contributed by atoms with E-state index in [2.05, 4.69) is 10.3 Å². The summed E-state index contributed by atoms with van der Waals surface area (Å²) in [7, 11) is 0. The predicted octanol–water partition coefficient (Wildman–Crippen LogP) is 4.05. The first-order valence-electron chi connectivity index (χ1n) is 5.28. The lowest BCUT2D eigenvalue weighted by molar-refractivity contribution is 0.627. The summed E-state index contributed by atoms with van der Waals surface area (Å²) < 4.78 is 13.5. The lowest BCUT2D eigenvalue weighted by Crippen LogP contribution is -2.08. The normalized spacial score (nSPS) is 12.2. The summed E-state index contributed by atoms with van der Waals surface area (Å²) >= 11 is 5.83. The number of anilines is 1. The van der Waals surface area contributed by atoms with Gasteiger partial charge in [-0.25, -0.2) is 4.39 Å². The molecule has 2 nitrogen and oxygen atoms in total. The molecule has 2 rings (SSSR count). The number of pyridine rings is 1. The average molecular weight is 251 g/mol. The summed E-state index contributed by atoms with van der Waals surface area (Å²) in [5.74, 6) is -0.315. The molecule has 0 amide bonds. The number of halogens is 2.